The maximum absolute atomic E-state index is 10.9. The van der Waals surface area contributed by atoms with Crippen molar-refractivity contribution in [3.8, 4) is 0 Å². The first kappa shape index (κ1) is 22.7. The molecule has 0 aromatic carbocycles. The molecule has 1 unspecified atom stereocenters. The maximum Gasteiger partial charge on any atom is 0.335 e. The number of aliphatic hydroxyl groups is 7. The highest BCUT2D eigenvalue weighted by molar-refractivity contribution is 5.73. The molecular weight excluding hydrogens is 404 g/mol. The summed E-state index contributed by atoms with van der Waals surface area (Å²) < 4.78 is 25.5. The summed E-state index contributed by atoms with van der Waals surface area (Å²) in [6.07, 6.45) is -17.7. The first-order valence-electron chi connectivity index (χ1n) is 8.80. The zero-order valence-corrected chi connectivity index (χ0v) is 14.9. The third-order valence-electron chi connectivity index (χ3n) is 4.97. The van der Waals surface area contributed by atoms with Crippen LogP contribution in [0, 0.1) is 0 Å². The number of rotatable bonds is 7. The summed E-state index contributed by atoms with van der Waals surface area (Å²) in [5.74, 6) is -1.49. The van der Waals surface area contributed by atoms with Gasteiger partial charge in [0.1, 0.15) is 48.8 Å². The molecule has 12 atom stereocenters. The molecule has 0 saturated carbocycles. The average molecular weight is 428 g/mol. The van der Waals surface area contributed by atoms with E-state index in [-0.39, 0.29) is 6.61 Å². The predicted octanol–water partition coefficient (Wildman–Crippen LogP) is -5.56. The van der Waals surface area contributed by atoms with Crippen LogP contribution in [-0.2, 0) is 28.5 Å². The second-order valence-corrected chi connectivity index (χ2v) is 6.98. The quantitative estimate of drug-likeness (QED) is 0.189. The standard InChI is InChI=1S/C15H24O14/c16-5-3(27-13(24)8(5)19)1-25-14-9(20)6(17)4(28-14)2-26-15-10(21)7(18)11(29-15)12(22)23/h3-11,13-21,24H,1-2H2,(H,22,23)/t3-,4-,5-,6-,7+,8-,9-,10-,11+,13?,14+,15+/m1/s1. The van der Waals surface area contributed by atoms with Gasteiger partial charge in [0.25, 0.3) is 0 Å². The molecule has 3 heterocycles. The number of hydrogen-bond donors (Lipinski definition) is 8. The van der Waals surface area contributed by atoms with E-state index in [1.165, 1.54) is 0 Å². The molecule has 0 radical (unpaired) electrons. The van der Waals surface area contributed by atoms with E-state index in [0.717, 1.165) is 0 Å². The molecule has 3 aliphatic rings. The van der Waals surface area contributed by atoms with Gasteiger partial charge in [0.05, 0.1) is 13.2 Å². The molecule has 0 aliphatic carbocycles. The predicted molar refractivity (Wildman–Crippen MR) is 83.8 cm³/mol. The van der Waals surface area contributed by atoms with Gasteiger partial charge in [0, 0.05) is 0 Å². The number of aliphatic carboxylic acids is 1. The molecule has 0 amide bonds. The summed E-state index contributed by atoms with van der Waals surface area (Å²) >= 11 is 0. The van der Waals surface area contributed by atoms with E-state index in [2.05, 4.69) is 0 Å². The molecule has 8 N–H and O–H groups in total. The highest BCUT2D eigenvalue weighted by atomic mass is 16.7. The van der Waals surface area contributed by atoms with Crippen molar-refractivity contribution < 1.29 is 69.3 Å². The smallest absolute Gasteiger partial charge is 0.335 e. The van der Waals surface area contributed by atoms with Gasteiger partial charge in [-0.05, 0) is 0 Å². The third-order valence-corrected chi connectivity index (χ3v) is 4.97. The molecule has 3 saturated heterocycles. The van der Waals surface area contributed by atoms with Gasteiger partial charge in [-0.25, -0.2) is 4.79 Å². The lowest BCUT2D eigenvalue weighted by Crippen LogP contribution is -2.39. The van der Waals surface area contributed by atoms with E-state index in [0.29, 0.717) is 0 Å². The number of hydrogen-bond acceptors (Lipinski definition) is 13. The van der Waals surface area contributed by atoms with Crippen LogP contribution in [0.5, 0.6) is 0 Å². The van der Waals surface area contributed by atoms with Crippen LogP contribution in [0.2, 0.25) is 0 Å². The lowest BCUT2D eigenvalue weighted by atomic mass is 10.1. The Morgan fingerprint density at radius 1 is 0.655 bits per heavy atom. The van der Waals surface area contributed by atoms with Crippen molar-refractivity contribution in [3.63, 3.8) is 0 Å². The maximum atomic E-state index is 10.9. The van der Waals surface area contributed by atoms with Crippen molar-refractivity contribution in [1.29, 1.82) is 0 Å². The largest absolute Gasteiger partial charge is 0.479 e. The Balaban J connectivity index is 1.48. The molecule has 3 aliphatic heterocycles. The Morgan fingerprint density at radius 3 is 1.62 bits per heavy atom. The first-order chi connectivity index (χ1) is 13.6. The van der Waals surface area contributed by atoms with E-state index >= 15 is 0 Å². The van der Waals surface area contributed by atoms with E-state index in [1.54, 1.807) is 0 Å². The van der Waals surface area contributed by atoms with Gasteiger partial charge >= 0.3 is 5.97 Å². The van der Waals surface area contributed by atoms with E-state index in [9.17, 15) is 40.5 Å². The summed E-state index contributed by atoms with van der Waals surface area (Å²) in [5, 5.41) is 76.8. The van der Waals surface area contributed by atoms with Crippen LogP contribution in [-0.4, -0.2) is 134 Å². The normalized spacial score (nSPS) is 50.3. The van der Waals surface area contributed by atoms with Crippen LogP contribution in [0.4, 0.5) is 0 Å². The Morgan fingerprint density at radius 2 is 1.14 bits per heavy atom. The highest BCUT2D eigenvalue weighted by Crippen LogP contribution is 2.27. The molecule has 14 nitrogen and oxygen atoms in total. The summed E-state index contributed by atoms with van der Waals surface area (Å²) in [6, 6.07) is 0. The van der Waals surface area contributed by atoms with Gasteiger partial charge in [-0.1, -0.05) is 0 Å². The van der Waals surface area contributed by atoms with Crippen molar-refractivity contribution in [3.05, 3.63) is 0 Å². The van der Waals surface area contributed by atoms with Gasteiger partial charge < -0.3 is 64.5 Å². The Kier molecular flexibility index (Phi) is 7.04. The molecule has 0 bridgehead atoms. The lowest BCUT2D eigenvalue weighted by molar-refractivity contribution is -0.216. The number of aliphatic hydroxyl groups excluding tert-OH is 7. The van der Waals surface area contributed by atoms with Crippen LogP contribution < -0.4 is 0 Å². The molecule has 29 heavy (non-hydrogen) atoms. The first-order valence-corrected chi connectivity index (χ1v) is 8.80. The molecule has 3 rings (SSSR count). The van der Waals surface area contributed by atoms with Gasteiger partial charge in [0.15, 0.2) is 25.0 Å². The minimum Gasteiger partial charge on any atom is -0.479 e. The molecule has 0 spiro atoms. The molecular formula is C15H24O14. The SMILES string of the molecule is O=C(O)[C@H]1O[C@H](OC[C@H]2O[C@H](OC[C@H]3OC(O)[C@H](O)[C@@H]3O)[C@H](O)[C@@H]2O)[C@H](O)[C@@H]1O. The Bertz CT molecular complexity index is 575. The van der Waals surface area contributed by atoms with Crippen molar-refractivity contribution in [2.24, 2.45) is 0 Å². The van der Waals surface area contributed by atoms with Gasteiger partial charge in [0.2, 0.25) is 0 Å². The number of carboxylic acid groups (broad SMARTS) is 1. The average Bonchev–Trinajstić information content (AvgIpc) is 3.21. The second kappa shape index (κ2) is 9.01. The topological polar surface area (TPSA) is 225 Å². The van der Waals surface area contributed by atoms with Crippen molar-refractivity contribution in [2.75, 3.05) is 13.2 Å². The van der Waals surface area contributed by atoms with Gasteiger partial charge in [-0.3, -0.25) is 0 Å². The molecule has 168 valence electrons. The van der Waals surface area contributed by atoms with Crippen LogP contribution in [0.3, 0.4) is 0 Å². The van der Waals surface area contributed by atoms with Gasteiger partial charge in [-0.2, -0.15) is 0 Å². The summed E-state index contributed by atoms with van der Waals surface area (Å²) in [6.45, 7) is -0.826. The molecule has 14 heteroatoms. The Labute approximate surface area is 163 Å². The monoisotopic (exact) mass is 428 g/mol. The molecule has 3 fully saturated rings. The minimum absolute atomic E-state index is 0.381. The van der Waals surface area contributed by atoms with Crippen molar-refractivity contribution >= 4 is 5.97 Å². The second-order valence-electron chi connectivity index (χ2n) is 6.98. The lowest BCUT2D eigenvalue weighted by Gasteiger charge is -2.20. The van der Waals surface area contributed by atoms with E-state index < -0.39 is 86.4 Å². The number of ether oxygens (including phenoxy) is 5. The van der Waals surface area contributed by atoms with Crippen molar-refractivity contribution in [2.45, 2.75) is 73.8 Å². The highest BCUT2D eigenvalue weighted by Gasteiger charge is 2.50. The summed E-state index contributed by atoms with van der Waals surface area (Å²) in [4.78, 5) is 10.9. The fourth-order valence-electron chi connectivity index (χ4n) is 3.22. The molecule has 0 aromatic rings. The van der Waals surface area contributed by atoms with E-state index in [1.807, 2.05) is 0 Å². The fourth-order valence-corrected chi connectivity index (χ4v) is 3.22. The zero-order chi connectivity index (χ0) is 21.5. The number of carboxylic acids is 1. The molecule has 0 aromatic heterocycles. The van der Waals surface area contributed by atoms with Crippen LogP contribution in [0.1, 0.15) is 0 Å². The van der Waals surface area contributed by atoms with Crippen LogP contribution >= 0.6 is 0 Å². The third kappa shape index (κ3) is 4.53. The Hall–Kier alpha value is -1.01. The zero-order valence-electron chi connectivity index (χ0n) is 14.9. The fraction of sp³-hybridized carbons (Fsp3) is 0.933. The minimum atomic E-state index is -1.71. The van der Waals surface area contributed by atoms with E-state index in [4.69, 9.17) is 28.8 Å². The van der Waals surface area contributed by atoms with Gasteiger partial charge in [-0.15, -0.1) is 0 Å². The van der Waals surface area contributed by atoms with Crippen LogP contribution in [0.15, 0.2) is 0 Å². The summed E-state index contributed by atoms with van der Waals surface area (Å²) in [7, 11) is 0. The number of carbonyl (C=O) groups is 1. The van der Waals surface area contributed by atoms with Crippen LogP contribution in [0.25, 0.3) is 0 Å². The summed E-state index contributed by atoms with van der Waals surface area (Å²) in [5.41, 5.74) is 0. The van der Waals surface area contributed by atoms with Crippen molar-refractivity contribution in [1.82, 2.24) is 0 Å².